The molecule has 2 aromatic rings. The van der Waals surface area contributed by atoms with Crippen molar-refractivity contribution >= 4 is 22.4 Å². The fourth-order valence-electron chi connectivity index (χ4n) is 2.28. The maximum Gasteiger partial charge on any atom is 0.239 e. The number of hydrogen-bond acceptors (Lipinski definition) is 3. The molecule has 0 spiro atoms. The smallest absolute Gasteiger partial charge is 0.239 e. The molecule has 20 heavy (non-hydrogen) atoms. The molecule has 0 bridgehead atoms. The van der Waals surface area contributed by atoms with Crippen molar-refractivity contribution in [1.29, 1.82) is 5.26 Å². The van der Waals surface area contributed by atoms with Gasteiger partial charge in [0.05, 0.1) is 18.2 Å². The molecule has 4 nitrogen and oxygen atoms in total. The van der Waals surface area contributed by atoms with E-state index >= 15 is 0 Å². The molecule has 0 aromatic heterocycles. The number of nitrogens with one attached hydrogen (secondary N) is 1. The fraction of sp³-hybridized carbons (Fsp3) is 0.250. The van der Waals surface area contributed by atoms with Gasteiger partial charge >= 0.3 is 0 Å². The van der Waals surface area contributed by atoms with E-state index < -0.39 is 0 Å². The van der Waals surface area contributed by atoms with E-state index in [1.165, 1.54) is 0 Å². The van der Waals surface area contributed by atoms with E-state index in [4.69, 9.17) is 0 Å². The predicted molar refractivity (Wildman–Crippen MR) is 80.6 cm³/mol. The monoisotopic (exact) mass is 267 g/mol. The number of nitriles is 1. The molecule has 102 valence electrons. The van der Waals surface area contributed by atoms with Crippen LogP contribution in [0.5, 0.6) is 0 Å². The average molecular weight is 267 g/mol. The summed E-state index contributed by atoms with van der Waals surface area (Å²) in [6.45, 7) is 3.04. The summed E-state index contributed by atoms with van der Waals surface area (Å²) in [6, 6.07) is 13.7. The Morgan fingerprint density at radius 3 is 2.55 bits per heavy atom. The zero-order valence-electron chi connectivity index (χ0n) is 11.7. The van der Waals surface area contributed by atoms with Crippen molar-refractivity contribution in [2.45, 2.75) is 6.92 Å². The number of nitrogens with zero attached hydrogens (tertiary/aromatic N) is 2. The van der Waals surface area contributed by atoms with Crippen molar-refractivity contribution in [1.82, 2.24) is 5.32 Å². The van der Waals surface area contributed by atoms with Crippen molar-refractivity contribution < 1.29 is 4.79 Å². The zero-order chi connectivity index (χ0) is 14.5. The number of carbonyl (C=O) groups excluding carboxylic acids is 1. The highest BCUT2D eigenvalue weighted by Gasteiger charge is 2.13. The van der Waals surface area contributed by atoms with E-state index in [2.05, 4.69) is 11.4 Å². The summed E-state index contributed by atoms with van der Waals surface area (Å²) in [4.78, 5) is 13.6. The van der Waals surface area contributed by atoms with Gasteiger partial charge in [-0.2, -0.15) is 5.26 Å². The summed E-state index contributed by atoms with van der Waals surface area (Å²) < 4.78 is 0. The van der Waals surface area contributed by atoms with E-state index in [9.17, 15) is 10.1 Å². The first-order chi connectivity index (χ1) is 9.71. The van der Waals surface area contributed by atoms with Crippen LogP contribution in [-0.4, -0.2) is 26.0 Å². The molecule has 0 radical (unpaired) electrons. The van der Waals surface area contributed by atoms with Gasteiger partial charge in [0.1, 0.15) is 0 Å². The van der Waals surface area contributed by atoms with Gasteiger partial charge in [-0.25, -0.2) is 0 Å². The lowest BCUT2D eigenvalue weighted by atomic mass is 10.0. The molecule has 0 fully saturated rings. The van der Waals surface area contributed by atoms with Crippen LogP contribution in [0.15, 0.2) is 36.4 Å². The molecule has 0 aliphatic heterocycles. The number of amides is 1. The second-order valence-electron chi connectivity index (χ2n) is 4.48. The van der Waals surface area contributed by atoms with Gasteiger partial charge < -0.3 is 10.2 Å². The third kappa shape index (κ3) is 2.57. The van der Waals surface area contributed by atoms with Crippen molar-refractivity contribution in [3.63, 3.8) is 0 Å². The molecule has 0 aliphatic carbocycles. The van der Waals surface area contributed by atoms with Gasteiger partial charge in [-0.05, 0) is 19.1 Å². The van der Waals surface area contributed by atoms with Crippen LogP contribution in [0.4, 0.5) is 5.69 Å². The van der Waals surface area contributed by atoms with Crippen LogP contribution in [0.2, 0.25) is 0 Å². The first-order valence-corrected chi connectivity index (χ1v) is 6.58. The number of carbonyl (C=O) groups is 1. The van der Waals surface area contributed by atoms with Gasteiger partial charge in [0.25, 0.3) is 0 Å². The molecule has 1 amide bonds. The van der Waals surface area contributed by atoms with Crippen LogP contribution >= 0.6 is 0 Å². The third-order valence-electron chi connectivity index (χ3n) is 3.36. The summed E-state index contributed by atoms with van der Waals surface area (Å²) in [5, 5.41) is 13.7. The number of fused-ring (bicyclic) bond motifs is 1. The van der Waals surface area contributed by atoms with Gasteiger partial charge in [-0.15, -0.1) is 0 Å². The topological polar surface area (TPSA) is 56.1 Å². The van der Waals surface area contributed by atoms with Crippen LogP contribution in [0.25, 0.3) is 10.8 Å². The lowest BCUT2D eigenvalue weighted by molar-refractivity contribution is -0.119. The van der Waals surface area contributed by atoms with E-state index in [0.717, 1.165) is 23.0 Å². The Labute approximate surface area is 118 Å². The van der Waals surface area contributed by atoms with E-state index in [1.807, 2.05) is 48.2 Å². The van der Waals surface area contributed by atoms with Crippen molar-refractivity contribution in [2.75, 3.05) is 25.0 Å². The van der Waals surface area contributed by atoms with Crippen LogP contribution < -0.4 is 10.2 Å². The molecule has 1 N–H and O–H groups in total. The SMILES string of the molecule is CCN(CC(=O)NC)c1ccc(C#N)c2ccccc12. The van der Waals surface area contributed by atoms with E-state index in [-0.39, 0.29) is 5.91 Å². The molecule has 2 aromatic carbocycles. The molecule has 0 saturated heterocycles. The molecule has 0 saturated carbocycles. The summed E-state index contributed by atoms with van der Waals surface area (Å²) in [7, 11) is 1.63. The van der Waals surface area contributed by atoms with Gasteiger partial charge in [-0.3, -0.25) is 4.79 Å². The van der Waals surface area contributed by atoms with E-state index in [0.29, 0.717) is 12.1 Å². The quantitative estimate of drug-likeness (QED) is 0.924. The molecule has 0 atom stereocenters. The molecule has 0 heterocycles. The fourth-order valence-corrected chi connectivity index (χ4v) is 2.28. The third-order valence-corrected chi connectivity index (χ3v) is 3.36. The maximum atomic E-state index is 11.6. The Kier molecular flexibility index (Phi) is 4.21. The number of likely N-dealkylation sites (N-methyl/N-ethyl adjacent to an activating group) is 2. The van der Waals surface area contributed by atoms with Crippen LogP contribution in [0.1, 0.15) is 12.5 Å². The molecular formula is C16H17N3O. The van der Waals surface area contributed by atoms with Crippen LogP contribution in [0.3, 0.4) is 0 Å². The Bertz CT molecular complexity index is 673. The van der Waals surface area contributed by atoms with Gasteiger partial charge in [0.2, 0.25) is 5.91 Å². The highest BCUT2D eigenvalue weighted by atomic mass is 16.1. The number of rotatable bonds is 4. The van der Waals surface area contributed by atoms with Gasteiger partial charge in [0, 0.05) is 30.1 Å². The van der Waals surface area contributed by atoms with Crippen LogP contribution in [0, 0.1) is 11.3 Å². The minimum Gasteiger partial charge on any atom is -0.362 e. The summed E-state index contributed by atoms with van der Waals surface area (Å²) in [5.41, 5.74) is 1.63. The minimum atomic E-state index is -0.0275. The standard InChI is InChI=1S/C16H17N3O/c1-3-19(11-16(20)18-2)15-9-8-12(10-17)13-6-4-5-7-14(13)15/h4-9H,3,11H2,1-2H3,(H,18,20). The number of hydrogen-bond donors (Lipinski definition) is 1. The molecule has 4 heteroatoms. The first kappa shape index (κ1) is 13.9. The Hall–Kier alpha value is -2.54. The highest BCUT2D eigenvalue weighted by molar-refractivity contribution is 5.98. The van der Waals surface area contributed by atoms with Crippen LogP contribution in [-0.2, 0) is 4.79 Å². The average Bonchev–Trinajstić information content (AvgIpc) is 2.51. The molecule has 0 aliphatic rings. The highest BCUT2D eigenvalue weighted by Crippen LogP contribution is 2.29. The van der Waals surface area contributed by atoms with Crippen molar-refractivity contribution in [2.24, 2.45) is 0 Å². The van der Waals surface area contributed by atoms with E-state index in [1.54, 1.807) is 7.05 Å². The molecule has 0 unspecified atom stereocenters. The second-order valence-corrected chi connectivity index (χ2v) is 4.48. The Morgan fingerprint density at radius 2 is 1.95 bits per heavy atom. The largest absolute Gasteiger partial charge is 0.362 e. The maximum absolute atomic E-state index is 11.6. The predicted octanol–water partition coefficient (Wildman–Crippen LogP) is 2.28. The van der Waals surface area contributed by atoms with Gasteiger partial charge in [0.15, 0.2) is 0 Å². The number of anilines is 1. The normalized spacial score (nSPS) is 10.1. The number of benzene rings is 2. The summed E-state index contributed by atoms with van der Waals surface area (Å²) in [5.74, 6) is -0.0275. The first-order valence-electron chi connectivity index (χ1n) is 6.58. The van der Waals surface area contributed by atoms with Crippen molar-refractivity contribution in [3.8, 4) is 6.07 Å². The summed E-state index contributed by atoms with van der Waals surface area (Å²) >= 11 is 0. The molecule has 2 rings (SSSR count). The Morgan fingerprint density at radius 1 is 1.25 bits per heavy atom. The van der Waals surface area contributed by atoms with Gasteiger partial charge in [-0.1, -0.05) is 24.3 Å². The molecular weight excluding hydrogens is 250 g/mol. The lowest BCUT2D eigenvalue weighted by Gasteiger charge is -2.24. The lowest BCUT2D eigenvalue weighted by Crippen LogP contribution is -2.35. The second kappa shape index (κ2) is 6.07. The summed E-state index contributed by atoms with van der Waals surface area (Å²) in [6.07, 6.45) is 0. The van der Waals surface area contributed by atoms with Crippen molar-refractivity contribution in [3.05, 3.63) is 42.0 Å². The zero-order valence-corrected chi connectivity index (χ0v) is 11.7. The minimum absolute atomic E-state index is 0.0275. The Balaban J connectivity index is 2.54.